The highest BCUT2D eigenvalue weighted by Gasteiger charge is 2.34. The van der Waals surface area contributed by atoms with Crippen LogP contribution in [0.2, 0.25) is 0 Å². The first-order chi connectivity index (χ1) is 10.3. The number of phenolic OH excluding ortho intramolecular Hbond substituents is 1. The van der Waals surface area contributed by atoms with Crippen LogP contribution in [0.4, 0.5) is 4.79 Å². The first-order valence-electron chi connectivity index (χ1n) is 7.32. The van der Waals surface area contributed by atoms with Crippen LogP contribution < -0.4 is 0 Å². The lowest BCUT2D eigenvalue weighted by Gasteiger charge is -2.39. The molecule has 3 rings (SSSR count). The lowest BCUT2D eigenvalue weighted by molar-refractivity contribution is -0.00371. The monoisotopic (exact) mass is 304 g/mol. The van der Waals surface area contributed by atoms with Gasteiger partial charge in [-0.1, -0.05) is 5.21 Å². The molecule has 0 unspecified atom stereocenters. The molecule has 0 saturated carbocycles. The second kappa shape index (κ2) is 5.15. The molecule has 7 nitrogen and oxygen atoms in total. The minimum Gasteiger partial charge on any atom is -0.508 e. The van der Waals surface area contributed by atoms with E-state index in [0.29, 0.717) is 31.1 Å². The number of benzene rings is 1. The van der Waals surface area contributed by atoms with Crippen LogP contribution >= 0.6 is 0 Å². The van der Waals surface area contributed by atoms with Crippen molar-refractivity contribution in [3.8, 4) is 5.75 Å². The number of rotatable bonds is 2. The fourth-order valence-electron chi connectivity index (χ4n) is 2.50. The topological polar surface area (TPSA) is 80.5 Å². The number of aromatic nitrogens is 3. The second-order valence-electron chi connectivity index (χ2n) is 6.70. The van der Waals surface area contributed by atoms with E-state index in [1.807, 2.05) is 25.5 Å². The SMILES string of the molecule is CC(C)(C)OC(=O)N1CC(Cn2nnc3cc(O)ccc32)C1. The molecule has 1 aromatic heterocycles. The zero-order chi connectivity index (χ0) is 15.9. The quantitative estimate of drug-likeness (QED) is 0.918. The van der Waals surface area contributed by atoms with Gasteiger partial charge in [0.1, 0.15) is 16.9 Å². The highest BCUT2D eigenvalue weighted by molar-refractivity contribution is 5.75. The standard InChI is InChI=1S/C15H20N4O3/c1-15(2,3)22-14(21)18-7-10(8-18)9-19-13-5-4-11(20)6-12(13)16-17-19/h4-6,10,20H,7-9H2,1-3H3. The van der Waals surface area contributed by atoms with E-state index in [4.69, 9.17) is 4.74 Å². The molecule has 1 amide bonds. The van der Waals surface area contributed by atoms with Crippen LogP contribution in [0.3, 0.4) is 0 Å². The van der Waals surface area contributed by atoms with Gasteiger partial charge >= 0.3 is 6.09 Å². The Hall–Kier alpha value is -2.31. The van der Waals surface area contributed by atoms with Gasteiger partial charge < -0.3 is 14.7 Å². The molecule has 0 aliphatic carbocycles. The largest absolute Gasteiger partial charge is 0.508 e. The number of ether oxygens (including phenoxy) is 1. The van der Waals surface area contributed by atoms with Gasteiger partial charge in [-0.15, -0.1) is 5.10 Å². The summed E-state index contributed by atoms with van der Waals surface area (Å²) in [6.45, 7) is 7.60. The lowest BCUT2D eigenvalue weighted by atomic mass is 10.0. The fourth-order valence-corrected chi connectivity index (χ4v) is 2.50. The number of aromatic hydroxyl groups is 1. The van der Waals surface area contributed by atoms with Crippen molar-refractivity contribution in [1.82, 2.24) is 19.9 Å². The Bertz CT molecular complexity index is 698. The molecule has 1 saturated heterocycles. The summed E-state index contributed by atoms with van der Waals surface area (Å²) in [6, 6.07) is 5.01. The number of hydrogen-bond donors (Lipinski definition) is 1. The molecule has 0 atom stereocenters. The van der Waals surface area contributed by atoms with Crippen molar-refractivity contribution < 1.29 is 14.6 Å². The van der Waals surface area contributed by atoms with E-state index in [1.54, 1.807) is 23.1 Å². The molecule has 2 aromatic rings. The van der Waals surface area contributed by atoms with Gasteiger partial charge in [0.25, 0.3) is 0 Å². The molecule has 0 radical (unpaired) electrons. The summed E-state index contributed by atoms with van der Waals surface area (Å²) >= 11 is 0. The van der Waals surface area contributed by atoms with Crippen molar-refractivity contribution in [2.45, 2.75) is 32.9 Å². The highest BCUT2D eigenvalue weighted by Crippen LogP contribution is 2.23. The molecule has 0 bridgehead atoms. The molecule has 7 heteroatoms. The van der Waals surface area contributed by atoms with Gasteiger partial charge in [-0.2, -0.15) is 0 Å². The molecule has 1 fully saturated rings. The van der Waals surface area contributed by atoms with Gasteiger partial charge in [-0.05, 0) is 32.9 Å². The number of carbonyl (C=O) groups excluding carboxylic acids is 1. The third-order valence-corrected chi connectivity index (χ3v) is 3.54. The maximum Gasteiger partial charge on any atom is 0.410 e. The molecule has 2 heterocycles. The van der Waals surface area contributed by atoms with Crippen molar-refractivity contribution in [3.63, 3.8) is 0 Å². The molecular formula is C15H20N4O3. The molecule has 1 aromatic carbocycles. The third kappa shape index (κ3) is 2.98. The van der Waals surface area contributed by atoms with Gasteiger partial charge in [0.2, 0.25) is 0 Å². The molecular weight excluding hydrogens is 284 g/mol. The number of hydrogen-bond acceptors (Lipinski definition) is 5. The van der Waals surface area contributed by atoms with Gasteiger partial charge in [0.15, 0.2) is 0 Å². The van der Waals surface area contributed by atoms with Crippen molar-refractivity contribution in [3.05, 3.63) is 18.2 Å². The molecule has 0 spiro atoms. The van der Waals surface area contributed by atoms with Crippen LogP contribution in [0, 0.1) is 5.92 Å². The fraction of sp³-hybridized carbons (Fsp3) is 0.533. The van der Waals surface area contributed by atoms with E-state index < -0.39 is 5.60 Å². The smallest absolute Gasteiger partial charge is 0.410 e. The van der Waals surface area contributed by atoms with Crippen LogP contribution in [-0.4, -0.2) is 49.8 Å². The molecule has 1 aliphatic rings. The summed E-state index contributed by atoms with van der Waals surface area (Å²) in [5.41, 5.74) is 1.09. The van der Waals surface area contributed by atoms with Crippen molar-refractivity contribution in [1.29, 1.82) is 0 Å². The first-order valence-corrected chi connectivity index (χ1v) is 7.32. The van der Waals surface area contributed by atoms with E-state index in [0.717, 1.165) is 5.52 Å². The molecule has 1 N–H and O–H groups in total. The van der Waals surface area contributed by atoms with Crippen LogP contribution in [0.15, 0.2) is 18.2 Å². The summed E-state index contributed by atoms with van der Waals surface area (Å²) < 4.78 is 7.14. The predicted molar refractivity (Wildman–Crippen MR) is 80.5 cm³/mol. The Labute approximate surface area is 128 Å². The Morgan fingerprint density at radius 2 is 2.14 bits per heavy atom. The number of phenols is 1. The first kappa shape index (κ1) is 14.6. The van der Waals surface area contributed by atoms with Crippen molar-refractivity contribution in [2.75, 3.05) is 13.1 Å². The highest BCUT2D eigenvalue weighted by atomic mass is 16.6. The maximum absolute atomic E-state index is 11.9. The Morgan fingerprint density at radius 3 is 2.82 bits per heavy atom. The van der Waals surface area contributed by atoms with Crippen molar-refractivity contribution in [2.24, 2.45) is 5.92 Å². The van der Waals surface area contributed by atoms with Crippen LogP contribution in [0.1, 0.15) is 20.8 Å². The van der Waals surface area contributed by atoms with Crippen LogP contribution in [0.25, 0.3) is 11.0 Å². The van der Waals surface area contributed by atoms with E-state index in [-0.39, 0.29) is 11.8 Å². The van der Waals surface area contributed by atoms with E-state index in [9.17, 15) is 9.90 Å². The predicted octanol–water partition coefficient (Wildman–Crippen LogP) is 2.00. The zero-order valence-corrected chi connectivity index (χ0v) is 13.0. The van der Waals surface area contributed by atoms with Gasteiger partial charge in [0.05, 0.1) is 5.52 Å². The average Bonchev–Trinajstić information content (AvgIpc) is 2.73. The zero-order valence-electron chi connectivity index (χ0n) is 13.0. The average molecular weight is 304 g/mol. The molecule has 22 heavy (non-hydrogen) atoms. The number of amides is 1. The van der Waals surface area contributed by atoms with Gasteiger partial charge in [0, 0.05) is 31.6 Å². The summed E-state index contributed by atoms with van der Waals surface area (Å²) in [6.07, 6.45) is -0.267. The molecule has 118 valence electrons. The van der Waals surface area contributed by atoms with Gasteiger partial charge in [-0.3, -0.25) is 0 Å². The Kier molecular flexibility index (Phi) is 3.42. The molecule has 1 aliphatic heterocycles. The maximum atomic E-state index is 11.9. The summed E-state index contributed by atoms with van der Waals surface area (Å²) in [7, 11) is 0. The Balaban J connectivity index is 1.59. The van der Waals surface area contributed by atoms with Crippen LogP contribution in [0.5, 0.6) is 5.75 Å². The normalized spacial score (nSPS) is 15.9. The number of fused-ring (bicyclic) bond motifs is 1. The third-order valence-electron chi connectivity index (χ3n) is 3.54. The number of likely N-dealkylation sites (tertiary alicyclic amines) is 1. The second-order valence-corrected chi connectivity index (χ2v) is 6.70. The van der Waals surface area contributed by atoms with E-state index in [2.05, 4.69) is 10.3 Å². The lowest BCUT2D eigenvalue weighted by Crippen LogP contribution is -2.52. The summed E-state index contributed by atoms with van der Waals surface area (Å²) in [4.78, 5) is 13.6. The number of nitrogens with zero attached hydrogens (tertiary/aromatic N) is 4. The van der Waals surface area contributed by atoms with Crippen LogP contribution in [-0.2, 0) is 11.3 Å². The van der Waals surface area contributed by atoms with Gasteiger partial charge in [-0.25, -0.2) is 9.48 Å². The minimum absolute atomic E-state index is 0.180. The Morgan fingerprint density at radius 1 is 1.41 bits per heavy atom. The summed E-state index contributed by atoms with van der Waals surface area (Å²) in [5, 5.41) is 17.6. The van der Waals surface area contributed by atoms with Crippen molar-refractivity contribution >= 4 is 17.1 Å². The summed E-state index contributed by atoms with van der Waals surface area (Å²) in [5.74, 6) is 0.519. The number of carbonyl (C=O) groups is 1. The minimum atomic E-state index is -0.466. The van der Waals surface area contributed by atoms with E-state index >= 15 is 0 Å². The van der Waals surface area contributed by atoms with E-state index in [1.165, 1.54) is 0 Å².